The zero-order chi connectivity index (χ0) is 26.9. The van der Waals surface area contributed by atoms with Gasteiger partial charge in [0.1, 0.15) is 5.69 Å². The smallest absolute Gasteiger partial charge is 0.380 e. The lowest BCUT2D eigenvalue weighted by atomic mass is 9.99. The van der Waals surface area contributed by atoms with E-state index >= 15 is 0 Å². The lowest BCUT2D eigenvalue weighted by Gasteiger charge is -2.38. The summed E-state index contributed by atoms with van der Waals surface area (Å²) in [6.45, 7) is 1.68. The Morgan fingerprint density at radius 1 is 1.08 bits per heavy atom. The fourth-order valence-corrected chi connectivity index (χ4v) is 4.50. The Balaban J connectivity index is 1.60. The molecule has 0 unspecified atom stereocenters. The Labute approximate surface area is 213 Å². The number of amides is 2. The highest BCUT2D eigenvalue weighted by atomic mass is 35.5. The molecule has 1 aromatic heterocycles. The molecule has 0 saturated carbocycles. The van der Waals surface area contributed by atoms with Crippen LogP contribution in [0.2, 0.25) is 5.02 Å². The molecule has 0 radical (unpaired) electrons. The fraction of sp³-hybridized carbons (Fsp3) is 0.320. The molecular weight excluding hydrogens is 519 g/mol. The summed E-state index contributed by atoms with van der Waals surface area (Å²) in [5.74, 6) is -0.888. The number of piperidine rings is 1. The number of halogens is 6. The number of fused-ring (bicyclic) bond motifs is 1. The molecule has 2 heterocycles. The van der Waals surface area contributed by atoms with Gasteiger partial charge >= 0.3 is 6.18 Å². The van der Waals surface area contributed by atoms with Crippen LogP contribution in [0, 0.1) is 0 Å². The van der Waals surface area contributed by atoms with E-state index in [4.69, 9.17) is 11.6 Å². The lowest BCUT2D eigenvalue weighted by Crippen LogP contribution is -2.55. The van der Waals surface area contributed by atoms with Crippen molar-refractivity contribution in [3.8, 4) is 0 Å². The van der Waals surface area contributed by atoms with E-state index in [0.717, 1.165) is 12.1 Å². The molecule has 1 saturated heterocycles. The number of hydrogen-bond acceptors (Lipinski definition) is 4. The third-order valence-electron chi connectivity index (χ3n) is 6.05. The largest absolute Gasteiger partial charge is 0.433 e. The number of pyridine rings is 1. The van der Waals surface area contributed by atoms with Crippen LogP contribution in [0.4, 0.5) is 27.6 Å². The molecule has 2 atom stereocenters. The highest BCUT2D eigenvalue weighted by molar-refractivity contribution is 6.31. The van der Waals surface area contributed by atoms with Crippen molar-refractivity contribution >= 4 is 40.0 Å². The number of nitrogens with zero attached hydrogens (tertiary/aromatic N) is 2. The molecule has 1 fully saturated rings. The van der Waals surface area contributed by atoms with Crippen molar-refractivity contribution in [3.05, 3.63) is 70.4 Å². The summed E-state index contributed by atoms with van der Waals surface area (Å²) < 4.78 is 66.6. The van der Waals surface area contributed by atoms with Gasteiger partial charge in [-0.3, -0.25) is 9.59 Å². The van der Waals surface area contributed by atoms with Gasteiger partial charge in [-0.25, -0.2) is 13.8 Å². The Morgan fingerprint density at radius 3 is 2.49 bits per heavy atom. The SMILES string of the molecule is CC(=O)N1C[C@@H](NC(=O)c2cccc(C(F)F)c2)C[C@@H](Nc2cc(C(F)(F)F)nc3ccc(Cl)cc23)C1. The number of hydrogen-bond donors (Lipinski definition) is 2. The number of benzene rings is 2. The third kappa shape index (κ3) is 6.27. The molecule has 2 aromatic carbocycles. The van der Waals surface area contributed by atoms with Gasteiger partial charge in [-0.1, -0.05) is 23.7 Å². The Kier molecular flexibility index (Phi) is 7.54. The number of carbonyl (C=O) groups is 2. The standard InChI is InChI=1S/C25H22ClF5N4O2/c1-13(36)35-11-17(9-18(12-35)33-24(37)15-4-2-3-14(7-15)23(27)28)32-21-10-22(25(29,30)31)34-20-6-5-16(26)8-19(20)21/h2-8,10,17-18,23H,9,11-12H2,1H3,(H,32,34)(H,33,37)/t17-,18+/m1/s1. The minimum atomic E-state index is -4.69. The first-order valence-corrected chi connectivity index (χ1v) is 11.7. The molecule has 0 spiro atoms. The van der Waals surface area contributed by atoms with Crippen molar-refractivity contribution in [3.63, 3.8) is 0 Å². The maximum absolute atomic E-state index is 13.5. The van der Waals surface area contributed by atoms with E-state index < -0.39 is 36.3 Å². The van der Waals surface area contributed by atoms with E-state index in [2.05, 4.69) is 15.6 Å². The number of likely N-dealkylation sites (tertiary alicyclic amines) is 1. The van der Waals surface area contributed by atoms with Gasteiger partial charge in [-0.2, -0.15) is 13.2 Å². The van der Waals surface area contributed by atoms with E-state index in [0.29, 0.717) is 10.4 Å². The Morgan fingerprint density at radius 2 is 1.81 bits per heavy atom. The van der Waals surface area contributed by atoms with E-state index in [-0.39, 0.29) is 47.7 Å². The van der Waals surface area contributed by atoms with E-state index in [1.807, 2.05) is 0 Å². The summed E-state index contributed by atoms with van der Waals surface area (Å²) in [7, 11) is 0. The number of aromatic nitrogens is 1. The van der Waals surface area contributed by atoms with Crippen LogP contribution >= 0.6 is 11.6 Å². The van der Waals surface area contributed by atoms with Crippen LogP contribution in [0.5, 0.6) is 0 Å². The number of nitrogens with one attached hydrogen (secondary N) is 2. The molecule has 1 aliphatic heterocycles. The van der Waals surface area contributed by atoms with Gasteiger partial charge in [-0.05, 0) is 42.8 Å². The van der Waals surface area contributed by atoms with Crippen molar-refractivity contribution in [2.75, 3.05) is 18.4 Å². The highest BCUT2D eigenvalue weighted by Gasteiger charge is 2.35. The average molecular weight is 541 g/mol. The Hall–Kier alpha value is -3.47. The van der Waals surface area contributed by atoms with Gasteiger partial charge in [0.2, 0.25) is 5.91 Å². The molecule has 0 aliphatic carbocycles. The zero-order valence-corrected chi connectivity index (χ0v) is 20.2. The normalized spacial score (nSPS) is 18.2. The summed E-state index contributed by atoms with van der Waals surface area (Å²) in [5, 5.41) is 6.50. The molecule has 4 rings (SSSR count). The van der Waals surface area contributed by atoms with Gasteiger partial charge in [-0.15, -0.1) is 0 Å². The first-order chi connectivity index (χ1) is 17.4. The summed E-state index contributed by atoms with van der Waals surface area (Å²) in [6, 6.07) is 9.12. The van der Waals surface area contributed by atoms with E-state index in [9.17, 15) is 31.5 Å². The van der Waals surface area contributed by atoms with Crippen molar-refractivity contribution in [1.29, 1.82) is 0 Å². The summed E-state index contributed by atoms with van der Waals surface area (Å²) in [5.41, 5.74) is -1.14. The molecule has 6 nitrogen and oxygen atoms in total. The van der Waals surface area contributed by atoms with Crippen LogP contribution in [0.25, 0.3) is 10.9 Å². The molecule has 37 heavy (non-hydrogen) atoms. The van der Waals surface area contributed by atoms with Gasteiger partial charge in [0.15, 0.2) is 0 Å². The molecule has 196 valence electrons. The predicted molar refractivity (Wildman–Crippen MR) is 129 cm³/mol. The van der Waals surface area contributed by atoms with Crippen molar-refractivity contribution in [2.45, 2.75) is 38.0 Å². The highest BCUT2D eigenvalue weighted by Crippen LogP contribution is 2.35. The number of alkyl halides is 5. The van der Waals surface area contributed by atoms with Crippen LogP contribution < -0.4 is 10.6 Å². The van der Waals surface area contributed by atoms with E-state index in [1.165, 1.54) is 48.2 Å². The monoisotopic (exact) mass is 540 g/mol. The summed E-state index contributed by atoms with van der Waals surface area (Å²) in [4.78, 5) is 30.1. The van der Waals surface area contributed by atoms with Crippen LogP contribution in [0.3, 0.4) is 0 Å². The lowest BCUT2D eigenvalue weighted by molar-refractivity contribution is -0.140. The van der Waals surface area contributed by atoms with Crippen LogP contribution in [0.1, 0.15) is 41.4 Å². The molecule has 2 amide bonds. The minimum Gasteiger partial charge on any atom is -0.380 e. The summed E-state index contributed by atoms with van der Waals surface area (Å²) in [6.07, 6.45) is -7.17. The quantitative estimate of drug-likeness (QED) is 0.409. The minimum absolute atomic E-state index is 0.0341. The third-order valence-corrected chi connectivity index (χ3v) is 6.29. The first kappa shape index (κ1) is 26.6. The van der Waals surface area contributed by atoms with Crippen LogP contribution in [-0.2, 0) is 11.0 Å². The fourth-order valence-electron chi connectivity index (χ4n) is 4.33. The average Bonchev–Trinajstić information content (AvgIpc) is 2.83. The van der Waals surface area contributed by atoms with E-state index in [1.54, 1.807) is 0 Å². The number of carbonyl (C=O) groups excluding carboxylic acids is 2. The van der Waals surface area contributed by atoms with Gasteiger partial charge in [0.05, 0.1) is 5.52 Å². The number of rotatable bonds is 5. The molecule has 0 bridgehead atoms. The van der Waals surface area contributed by atoms with Crippen LogP contribution in [0.15, 0.2) is 48.5 Å². The molecule has 12 heteroatoms. The van der Waals surface area contributed by atoms with Gasteiger partial charge < -0.3 is 15.5 Å². The van der Waals surface area contributed by atoms with Gasteiger partial charge in [0, 0.05) is 59.3 Å². The Bertz CT molecular complexity index is 1330. The molecule has 1 aliphatic rings. The maximum Gasteiger partial charge on any atom is 0.433 e. The zero-order valence-electron chi connectivity index (χ0n) is 19.5. The van der Waals surface area contributed by atoms with Crippen molar-refractivity contribution in [2.24, 2.45) is 0 Å². The number of anilines is 1. The molecular formula is C25H22ClF5N4O2. The van der Waals surface area contributed by atoms with Crippen LogP contribution in [-0.4, -0.2) is 46.9 Å². The second-order valence-electron chi connectivity index (χ2n) is 8.81. The van der Waals surface area contributed by atoms with Crippen molar-refractivity contribution < 1.29 is 31.5 Å². The van der Waals surface area contributed by atoms with Crippen molar-refractivity contribution in [1.82, 2.24) is 15.2 Å². The summed E-state index contributed by atoms with van der Waals surface area (Å²) >= 11 is 6.07. The van der Waals surface area contributed by atoms with Gasteiger partial charge in [0.25, 0.3) is 12.3 Å². The molecule has 2 N–H and O–H groups in total. The maximum atomic E-state index is 13.5. The predicted octanol–water partition coefficient (Wildman–Crippen LogP) is 5.68. The second kappa shape index (κ2) is 10.5. The second-order valence-corrected chi connectivity index (χ2v) is 9.25. The molecule has 3 aromatic rings. The topological polar surface area (TPSA) is 74.3 Å². The first-order valence-electron chi connectivity index (χ1n) is 11.3.